The van der Waals surface area contributed by atoms with Crippen molar-refractivity contribution in [3.8, 4) is 5.75 Å². The molecule has 2 heterocycles. The Morgan fingerprint density at radius 1 is 1.53 bits per heavy atom. The van der Waals surface area contributed by atoms with Gasteiger partial charge in [-0.25, -0.2) is 4.68 Å². The van der Waals surface area contributed by atoms with Gasteiger partial charge in [-0.05, 0) is 17.7 Å². The summed E-state index contributed by atoms with van der Waals surface area (Å²) in [4.78, 5) is 15.7. The van der Waals surface area contributed by atoms with Crippen molar-refractivity contribution in [3.05, 3.63) is 35.1 Å². The molecule has 6 nitrogen and oxygen atoms in total. The van der Waals surface area contributed by atoms with Crippen molar-refractivity contribution in [2.75, 3.05) is 12.4 Å². The first kappa shape index (κ1) is 12.0. The fraction of sp³-hybridized carbons (Fsp3) is 0.250. The summed E-state index contributed by atoms with van der Waals surface area (Å²) >= 11 is 6.12. The van der Waals surface area contributed by atoms with Crippen LogP contribution in [0.15, 0.2) is 24.5 Å². The second-order valence-electron chi connectivity index (χ2n) is 4.19. The highest BCUT2D eigenvalue weighted by atomic mass is 35.5. The SMILES string of the molecule is COc1ccc([C@H]2CC(=O)Nc3ncnn32)cc1Cl. The maximum Gasteiger partial charge on any atom is 0.229 e. The van der Waals surface area contributed by atoms with E-state index >= 15 is 0 Å². The van der Waals surface area contributed by atoms with Gasteiger partial charge in [0.15, 0.2) is 0 Å². The van der Waals surface area contributed by atoms with Crippen LogP contribution >= 0.6 is 11.6 Å². The van der Waals surface area contributed by atoms with Crippen LogP contribution < -0.4 is 10.1 Å². The molecule has 0 radical (unpaired) electrons. The quantitative estimate of drug-likeness (QED) is 0.910. The summed E-state index contributed by atoms with van der Waals surface area (Å²) < 4.78 is 6.80. The summed E-state index contributed by atoms with van der Waals surface area (Å²) in [5.74, 6) is 0.968. The highest BCUT2D eigenvalue weighted by Gasteiger charge is 2.27. The van der Waals surface area contributed by atoms with Crippen LogP contribution in [-0.4, -0.2) is 27.8 Å². The standard InChI is InChI=1S/C12H11ClN4O2/c1-19-10-3-2-7(4-8(10)13)9-5-11(18)16-12-14-6-15-17(9)12/h2-4,6,9H,5H2,1H3,(H,14,15,16,18)/t9-/m1/s1. The van der Waals surface area contributed by atoms with E-state index in [-0.39, 0.29) is 11.9 Å². The summed E-state index contributed by atoms with van der Waals surface area (Å²) in [5.41, 5.74) is 0.896. The van der Waals surface area contributed by atoms with E-state index in [1.54, 1.807) is 23.9 Å². The number of benzene rings is 1. The van der Waals surface area contributed by atoms with Crippen LogP contribution in [0.4, 0.5) is 5.95 Å². The van der Waals surface area contributed by atoms with E-state index in [0.717, 1.165) is 5.56 Å². The lowest BCUT2D eigenvalue weighted by Crippen LogP contribution is -2.29. The zero-order valence-corrected chi connectivity index (χ0v) is 10.9. The number of ether oxygens (including phenoxy) is 1. The van der Waals surface area contributed by atoms with E-state index in [1.165, 1.54) is 6.33 Å². The topological polar surface area (TPSA) is 69.0 Å². The third-order valence-corrected chi connectivity index (χ3v) is 3.35. The Labute approximate surface area is 114 Å². The molecule has 7 heteroatoms. The molecule has 3 rings (SSSR count). The van der Waals surface area contributed by atoms with Gasteiger partial charge < -0.3 is 4.74 Å². The number of amides is 1. The predicted octanol–water partition coefficient (Wildman–Crippen LogP) is 1.87. The molecule has 1 aromatic heterocycles. The van der Waals surface area contributed by atoms with E-state index in [4.69, 9.17) is 16.3 Å². The Morgan fingerprint density at radius 2 is 2.37 bits per heavy atom. The number of hydrogen-bond donors (Lipinski definition) is 1. The molecule has 1 aliphatic heterocycles. The third-order valence-electron chi connectivity index (χ3n) is 3.06. The van der Waals surface area contributed by atoms with E-state index in [0.29, 0.717) is 23.1 Å². The van der Waals surface area contributed by atoms with Crippen molar-refractivity contribution in [2.24, 2.45) is 0 Å². The molecule has 2 aromatic rings. The lowest BCUT2D eigenvalue weighted by Gasteiger charge is -2.24. The van der Waals surface area contributed by atoms with Gasteiger partial charge >= 0.3 is 0 Å². The molecule has 0 aliphatic carbocycles. The van der Waals surface area contributed by atoms with Crippen molar-refractivity contribution in [2.45, 2.75) is 12.5 Å². The molecule has 1 aromatic carbocycles. The van der Waals surface area contributed by atoms with E-state index < -0.39 is 0 Å². The molecule has 1 amide bonds. The number of nitrogens with one attached hydrogen (secondary N) is 1. The van der Waals surface area contributed by atoms with E-state index in [9.17, 15) is 4.79 Å². The van der Waals surface area contributed by atoms with E-state index in [2.05, 4.69) is 15.4 Å². The van der Waals surface area contributed by atoms with Crippen LogP contribution in [0.1, 0.15) is 18.0 Å². The first-order chi connectivity index (χ1) is 9.19. The first-order valence-electron chi connectivity index (χ1n) is 5.72. The minimum absolute atomic E-state index is 0.0857. The van der Waals surface area contributed by atoms with Crippen LogP contribution in [0.3, 0.4) is 0 Å². The summed E-state index contributed by atoms with van der Waals surface area (Å²) in [6.07, 6.45) is 1.72. The number of methoxy groups -OCH3 is 1. The second kappa shape index (κ2) is 4.55. The minimum atomic E-state index is -0.199. The molecule has 0 saturated carbocycles. The molecule has 0 fully saturated rings. The Morgan fingerprint density at radius 3 is 3.11 bits per heavy atom. The number of halogens is 1. The Kier molecular flexibility index (Phi) is 2.87. The van der Waals surface area contributed by atoms with Crippen molar-refractivity contribution in [1.29, 1.82) is 0 Å². The maximum absolute atomic E-state index is 11.7. The third kappa shape index (κ3) is 2.04. The average molecular weight is 279 g/mol. The number of rotatable bonds is 2. The Bertz CT molecular complexity index is 640. The van der Waals surface area contributed by atoms with Crippen molar-refractivity contribution in [1.82, 2.24) is 14.8 Å². The van der Waals surface area contributed by atoms with E-state index in [1.807, 2.05) is 6.07 Å². The number of carbonyl (C=O) groups is 1. The molecule has 1 aliphatic rings. The van der Waals surface area contributed by atoms with Gasteiger partial charge in [0.05, 0.1) is 24.6 Å². The molecule has 0 spiro atoms. The summed E-state index contributed by atoms with van der Waals surface area (Å²) in [5, 5.41) is 7.31. The molecular formula is C12H11ClN4O2. The molecule has 0 bridgehead atoms. The Balaban J connectivity index is 2.03. The van der Waals surface area contributed by atoms with Gasteiger partial charge in [0, 0.05) is 0 Å². The molecule has 98 valence electrons. The monoisotopic (exact) mass is 278 g/mol. The maximum atomic E-state index is 11.7. The van der Waals surface area contributed by atoms with Crippen LogP contribution in [0, 0.1) is 0 Å². The lowest BCUT2D eigenvalue weighted by molar-refractivity contribution is -0.117. The fourth-order valence-corrected chi connectivity index (χ4v) is 2.42. The van der Waals surface area contributed by atoms with Crippen LogP contribution in [0.25, 0.3) is 0 Å². The number of fused-ring (bicyclic) bond motifs is 1. The first-order valence-corrected chi connectivity index (χ1v) is 6.09. The Hall–Kier alpha value is -2.08. The van der Waals surface area contributed by atoms with Crippen LogP contribution in [0.5, 0.6) is 5.75 Å². The van der Waals surface area contributed by atoms with Crippen LogP contribution in [0.2, 0.25) is 5.02 Å². The number of hydrogen-bond acceptors (Lipinski definition) is 4. The lowest BCUT2D eigenvalue weighted by atomic mass is 10.0. The molecule has 0 saturated heterocycles. The predicted molar refractivity (Wildman–Crippen MR) is 69.4 cm³/mol. The highest BCUT2D eigenvalue weighted by molar-refractivity contribution is 6.32. The summed E-state index contributed by atoms with van der Waals surface area (Å²) in [6.45, 7) is 0. The van der Waals surface area contributed by atoms with Gasteiger partial charge in [0.1, 0.15) is 12.1 Å². The highest BCUT2D eigenvalue weighted by Crippen LogP contribution is 2.33. The molecule has 19 heavy (non-hydrogen) atoms. The number of anilines is 1. The van der Waals surface area contributed by atoms with Crippen molar-refractivity contribution < 1.29 is 9.53 Å². The summed E-state index contributed by atoms with van der Waals surface area (Å²) in [7, 11) is 1.56. The number of aromatic nitrogens is 3. The number of nitrogens with zero attached hydrogens (tertiary/aromatic N) is 3. The van der Waals surface area contributed by atoms with Gasteiger partial charge in [-0.2, -0.15) is 10.1 Å². The molecular weight excluding hydrogens is 268 g/mol. The largest absolute Gasteiger partial charge is 0.495 e. The van der Waals surface area contributed by atoms with Gasteiger partial charge in [0.2, 0.25) is 11.9 Å². The van der Waals surface area contributed by atoms with Gasteiger partial charge in [-0.3, -0.25) is 10.1 Å². The molecule has 1 atom stereocenters. The smallest absolute Gasteiger partial charge is 0.229 e. The van der Waals surface area contributed by atoms with Crippen LogP contribution in [-0.2, 0) is 4.79 Å². The van der Waals surface area contributed by atoms with Gasteiger partial charge in [-0.15, -0.1) is 0 Å². The molecule has 0 unspecified atom stereocenters. The van der Waals surface area contributed by atoms with Gasteiger partial charge in [0.25, 0.3) is 0 Å². The van der Waals surface area contributed by atoms with Crippen molar-refractivity contribution in [3.63, 3.8) is 0 Å². The van der Waals surface area contributed by atoms with Crippen molar-refractivity contribution >= 4 is 23.5 Å². The minimum Gasteiger partial charge on any atom is -0.495 e. The second-order valence-corrected chi connectivity index (χ2v) is 4.60. The molecule has 1 N–H and O–H groups in total. The zero-order valence-electron chi connectivity index (χ0n) is 10.1. The zero-order chi connectivity index (χ0) is 13.4. The fourth-order valence-electron chi connectivity index (χ4n) is 2.15. The van der Waals surface area contributed by atoms with Gasteiger partial charge in [-0.1, -0.05) is 17.7 Å². The average Bonchev–Trinajstić information content (AvgIpc) is 2.85. The number of carbonyl (C=O) groups excluding carboxylic acids is 1. The summed E-state index contributed by atoms with van der Waals surface area (Å²) in [6, 6.07) is 5.24. The normalized spacial score (nSPS) is 17.8.